The predicted octanol–water partition coefficient (Wildman–Crippen LogP) is 2.38. The van der Waals surface area contributed by atoms with E-state index in [1.165, 1.54) is 0 Å². The molecule has 0 atom stereocenters. The molecule has 2 heterocycles. The first-order valence-electron chi connectivity index (χ1n) is 4.89. The van der Waals surface area contributed by atoms with E-state index in [0.717, 1.165) is 5.56 Å². The van der Waals surface area contributed by atoms with Crippen LogP contribution in [0.15, 0.2) is 28.7 Å². The van der Waals surface area contributed by atoms with Crippen molar-refractivity contribution in [2.45, 2.75) is 12.8 Å². The number of rotatable bonds is 2. The highest BCUT2D eigenvalue weighted by atomic mass is 32.1. The summed E-state index contributed by atoms with van der Waals surface area (Å²) < 4.78 is 12.9. The maximum absolute atomic E-state index is 12.9. The van der Waals surface area contributed by atoms with E-state index in [1.54, 1.807) is 22.3 Å². The largest absolute Gasteiger partial charge is 0.335 e. The molecule has 1 aliphatic heterocycles. The lowest BCUT2D eigenvalue weighted by Gasteiger charge is -2.24. The summed E-state index contributed by atoms with van der Waals surface area (Å²) in [6, 6.07) is 1.93. The van der Waals surface area contributed by atoms with E-state index in [4.69, 9.17) is 0 Å². The van der Waals surface area contributed by atoms with Gasteiger partial charge in [0.2, 0.25) is 5.91 Å². The molecule has 0 unspecified atom stereocenters. The number of hydrogen-bond acceptors (Lipinski definition) is 2. The molecule has 2 nitrogen and oxygen atoms in total. The van der Waals surface area contributed by atoms with Crippen LogP contribution in [0.2, 0.25) is 0 Å². The van der Waals surface area contributed by atoms with Crippen molar-refractivity contribution in [1.29, 1.82) is 0 Å². The zero-order valence-corrected chi connectivity index (χ0v) is 9.10. The second-order valence-corrected chi connectivity index (χ2v) is 4.34. The van der Waals surface area contributed by atoms with Crippen molar-refractivity contribution in [2.24, 2.45) is 0 Å². The van der Waals surface area contributed by atoms with Crippen LogP contribution in [0, 0.1) is 0 Å². The van der Waals surface area contributed by atoms with E-state index < -0.39 is 0 Å². The number of thiophene rings is 1. The Kier molecular flexibility index (Phi) is 3.16. The van der Waals surface area contributed by atoms with Crippen molar-refractivity contribution in [3.63, 3.8) is 0 Å². The van der Waals surface area contributed by atoms with Crippen LogP contribution in [0.25, 0.3) is 0 Å². The molecule has 0 N–H and O–H groups in total. The van der Waals surface area contributed by atoms with E-state index in [-0.39, 0.29) is 18.3 Å². The topological polar surface area (TPSA) is 20.3 Å². The molecule has 0 saturated carbocycles. The number of carbonyl (C=O) groups is 1. The van der Waals surface area contributed by atoms with Gasteiger partial charge in [0, 0.05) is 6.54 Å². The molecule has 0 spiro atoms. The summed E-state index contributed by atoms with van der Waals surface area (Å²) in [7, 11) is 0. The molecule has 1 aliphatic rings. The van der Waals surface area contributed by atoms with Gasteiger partial charge < -0.3 is 4.90 Å². The van der Waals surface area contributed by atoms with Crippen LogP contribution >= 0.6 is 11.3 Å². The van der Waals surface area contributed by atoms with Gasteiger partial charge in [-0.15, -0.1) is 0 Å². The third-order valence-electron chi connectivity index (χ3n) is 2.39. The standard InChI is InChI=1S/C11H12FNOS/c12-10-2-1-4-13(7-10)11(14)6-9-3-5-15-8-9/h2-3,5,8H,1,4,6-7H2. The normalized spacial score (nSPS) is 16.3. The van der Waals surface area contributed by atoms with Gasteiger partial charge in [-0.3, -0.25) is 4.79 Å². The van der Waals surface area contributed by atoms with Crippen LogP contribution in [-0.2, 0) is 11.2 Å². The molecule has 80 valence electrons. The number of halogens is 1. The van der Waals surface area contributed by atoms with Crippen molar-refractivity contribution in [3.8, 4) is 0 Å². The number of nitrogens with zero attached hydrogens (tertiary/aromatic N) is 1. The Morgan fingerprint density at radius 1 is 1.60 bits per heavy atom. The molecule has 0 aliphatic carbocycles. The average molecular weight is 225 g/mol. The Bertz CT molecular complexity index is 372. The lowest BCUT2D eigenvalue weighted by molar-refractivity contribution is -0.130. The van der Waals surface area contributed by atoms with Gasteiger partial charge in [-0.25, -0.2) is 4.39 Å². The van der Waals surface area contributed by atoms with Crippen LogP contribution in [0.4, 0.5) is 4.39 Å². The number of carbonyl (C=O) groups excluding carboxylic acids is 1. The summed E-state index contributed by atoms with van der Waals surface area (Å²) >= 11 is 1.57. The van der Waals surface area contributed by atoms with E-state index in [2.05, 4.69) is 0 Å². The fourth-order valence-corrected chi connectivity index (χ4v) is 2.26. The summed E-state index contributed by atoms with van der Waals surface area (Å²) in [5.74, 6) is -0.184. The Hall–Kier alpha value is -1.16. The third-order valence-corrected chi connectivity index (χ3v) is 3.13. The molecule has 1 aromatic heterocycles. The highest BCUT2D eigenvalue weighted by molar-refractivity contribution is 7.07. The van der Waals surface area contributed by atoms with Crippen LogP contribution < -0.4 is 0 Å². The van der Waals surface area contributed by atoms with Crippen molar-refractivity contribution in [2.75, 3.05) is 13.1 Å². The maximum Gasteiger partial charge on any atom is 0.227 e. The summed E-state index contributed by atoms with van der Waals surface area (Å²) in [4.78, 5) is 13.3. The van der Waals surface area contributed by atoms with Gasteiger partial charge in [0.1, 0.15) is 5.83 Å². The minimum atomic E-state index is -0.195. The van der Waals surface area contributed by atoms with Crippen molar-refractivity contribution in [3.05, 3.63) is 34.3 Å². The molecule has 1 amide bonds. The monoisotopic (exact) mass is 225 g/mol. The van der Waals surface area contributed by atoms with Gasteiger partial charge >= 0.3 is 0 Å². The van der Waals surface area contributed by atoms with Crippen LogP contribution in [-0.4, -0.2) is 23.9 Å². The molecule has 0 radical (unpaired) electrons. The third kappa shape index (κ3) is 2.65. The maximum atomic E-state index is 12.9. The van der Waals surface area contributed by atoms with Gasteiger partial charge in [0.05, 0.1) is 13.0 Å². The molecule has 1 aromatic rings. The lowest BCUT2D eigenvalue weighted by Crippen LogP contribution is -2.36. The Morgan fingerprint density at radius 2 is 2.47 bits per heavy atom. The van der Waals surface area contributed by atoms with Crippen molar-refractivity contribution < 1.29 is 9.18 Å². The molecule has 15 heavy (non-hydrogen) atoms. The van der Waals surface area contributed by atoms with Crippen LogP contribution in [0.5, 0.6) is 0 Å². The first-order valence-corrected chi connectivity index (χ1v) is 5.83. The molecule has 0 bridgehead atoms. The van der Waals surface area contributed by atoms with Gasteiger partial charge in [-0.1, -0.05) is 0 Å². The smallest absolute Gasteiger partial charge is 0.227 e. The highest BCUT2D eigenvalue weighted by Gasteiger charge is 2.18. The van der Waals surface area contributed by atoms with E-state index in [0.29, 0.717) is 19.4 Å². The minimum Gasteiger partial charge on any atom is -0.335 e. The molecule has 0 aromatic carbocycles. The predicted molar refractivity (Wildman–Crippen MR) is 58.4 cm³/mol. The second-order valence-electron chi connectivity index (χ2n) is 3.56. The average Bonchev–Trinajstić information content (AvgIpc) is 2.70. The second kappa shape index (κ2) is 4.57. The first kappa shape index (κ1) is 10.4. The van der Waals surface area contributed by atoms with Gasteiger partial charge in [0.15, 0.2) is 0 Å². The Morgan fingerprint density at radius 3 is 3.13 bits per heavy atom. The molecule has 2 rings (SSSR count). The summed E-state index contributed by atoms with van der Waals surface area (Å²) in [6.45, 7) is 0.777. The zero-order chi connectivity index (χ0) is 10.7. The van der Waals surface area contributed by atoms with Crippen molar-refractivity contribution >= 4 is 17.2 Å². The van der Waals surface area contributed by atoms with E-state index in [9.17, 15) is 9.18 Å². The first-order chi connectivity index (χ1) is 7.25. The highest BCUT2D eigenvalue weighted by Crippen LogP contribution is 2.13. The lowest BCUT2D eigenvalue weighted by atomic mass is 10.2. The fraction of sp³-hybridized carbons (Fsp3) is 0.364. The van der Waals surface area contributed by atoms with Crippen LogP contribution in [0.1, 0.15) is 12.0 Å². The molecular weight excluding hydrogens is 213 g/mol. The molecule has 0 fully saturated rings. The Balaban J connectivity index is 1.94. The molecule has 0 saturated heterocycles. The van der Waals surface area contributed by atoms with Gasteiger partial charge in [-0.2, -0.15) is 11.3 Å². The molecular formula is C11H12FNOS. The molecule has 4 heteroatoms. The summed E-state index contributed by atoms with van der Waals surface area (Å²) in [5, 5.41) is 3.90. The quantitative estimate of drug-likeness (QED) is 0.756. The van der Waals surface area contributed by atoms with E-state index >= 15 is 0 Å². The zero-order valence-electron chi connectivity index (χ0n) is 8.28. The summed E-state index contributed by atoms with van der Waals surface area (Å²) in [5.41, 5.74) is 1.01. The van der Waals surface area contributed by atoms with Gasteiger partial charge in [-0.05, 0) is 34.9 Å². The summed E-state index contributed by atoms with van der Waals surface area (Å²) in [6.07, 6.45) is 2.56. The SMILES string of the molecule is O=C(Cc1ccsc1)N1CCC=C(F)C1. The number of amides is 1. The Labute approximate surface area is 92.0 Å². The van der Waals surface area contributed by atoms with Crippen LogP contribution in [0.3, 0.4) is 0 Å². The minimum absolute atomic E-state index is 0.0108. The fourth-order valence-electron chi connectivity index (χ4n) is 1.60. The van der Waals surface area contributed by atoms with Gasteiger partial charge in [0.25, 0.3) is 0 Å². The van der Waals surface area contributed by atoms with Crippen molar-refractivity contribution in [1.82, 2.24) is 4.90 Å². The van der Waals surface area contributed by atoms with E-state index in [1.807, 2.05) is 16.8 Å². The number of hydrogen-bond donors (Lipinski definition) is 0.